The highest BCUT2D eigenvalue weighted by molar-refractivity contribution is 6.30. The molecule has 0 aliphatic heterocycles. The number of carbonyl (C=O) groups is 1. The van der Waals surface area contributed by atoms with Crippen LogP contribution in [0.15, 0.2) is 42.5 Å². The predicted molar refractivity (Wildman–Crippen MR) is 79.5 cm³/mol. The van der Waals surface area contributed by atoms with Crippen LogP contribution in [0.2, 0.25) is 5.02 Å². The van der Waals surface area contributed by atoms with Crippen molar-refractivity contribution in [3.63, 3.8) is 0 Å². The van der Waals surface area contributed by atoms with Gasteiger partial charge in [0.05, 0.1) is 5.69 Å². The number of aryl methyl sites for hydroxylation is 2. The molecule has 20 heavy (non-hydrogen) atoms. The van der Waals surface area contributed by atoms with E-state index in [2.05, 4.69) is 5.32 Å². The third-order valence-corrected chi connectivity index (χ3v) is 3.16. The summed E-state index contributed by atoms with van der Waals surface area (Å²) >= 11 is 5.66. The third-order valence-electron chi connectivity index (χ3n) is 2.93. The highest BCUT2D eigenvalue weighted by Crippen LogP contribution is 2.19. The molecule has 2 aromatic rings. The summed E-state index contributed by atoms with van der Waals surface area (Å²) in [6.45, 7) is 2.01. The SMILES string of the molecule is Cc1cccc(CCC(=O)Nc2ccc(Cl)cc2F)c1. The van der Waals surface area contributed by atoms with Gasteiger partial charge in [0.2, 0.25) is 5.91 Å². The smallest absolute Gasteiger partial charge is 0.224 e. The number of benzene rings is 2. The molecule has 4 heteroatoms. The fourth-order valence-electron chi connectivity index (χ4n) is 1.93. The van der Waals surface area contributed by atoms with Gasteiger partial charge < -0.3 is 5.32 Å². The lowest BCUT2D eigenvalue weighted by molar-refractivity contribution is -0.116. The minimum atomic E-state index is -0.526. The summed E-state index contributed by atoms with van der Waals surface area (Å²) in [4.78, 5) is 11.8. The number of anilines is 1. The molecule has 0 aliphatic carbocycles. The van der Waals surface area contributed by atoms with Crippen LogP contribution < -0.4 is 5.32 Å². The van der Waals surface area contributed by atoms with Gasteiger partial charge in [-0.3, -0.25) is 4.79 Å². The first-order chi connectivity index (χ1) is 9.54. The molecule has 0 radical (unpaired) electrons. The second-order valence-corrected chi connectivity index (χ2v) is 5.10. The third kappa shape index (κ3) is 4.07. The molecule has 2 nitrogen and oxygen atoms in total. The number of rotatable bonds is 4. The van der Waals surface area contributed by atoms with E-state index in [-0.39, 0.29) is 11.6 Å². The molecule has 0 aliphatic rings. The zero-order valence-electron chi connectivity index (χ0n) is 11.1. The van der Waals surface area contributed by atoms with E-state index in [1.165, 1.54) is 12.1 Å². The summed E-state index contributed by atoms with van der Waals surface area (Å²) in [7, 11) is 0. The average Bonchev–Trinajstić information content (AvgIpc) is 2.40. The van der Waals surface area contributed by atoms with Crippen molar-refractivity contribution < 1.29 is 9.18 Å². The zero-order valence-corrected chi connectivity index (χ0v) is 11.9. The Bertz CT molecular complexity index is 628. The second-order valence-electron chi connectivity index (χ2n) is 4.66. The van der Waals surface area contributed by atoms with Crippen molar-refractivity contribution in [2.24, 2.45) is 0 Å². The molecule has 0 spiro atoms. The average molecular weight is 292 g/mol. The fraction of sp³-hybridized carbons (Fsp3) is 0.188. The van der Waals surface area contributed by atoms with E-state index in [0.717, 1.165) is 11.1 Å². The first kappa shape index (κ1) is 14.5. The van der Waals surface area contributed by atoms with E-state index >= 15 is 0 Å². The van der Waals surface area contributed by atoms with Crippen LogP contribution in [0.5, 0.6) is 0 Å². The van der Waals surface area contributed by atoms with Crippen molar-refractivity contribution in [3.8, 4) is 0 Å². The van der Waals surface area contributed by atoms with Gasteiger partial charge in [-0.05, 0) is 37.1 Å². The van der Waals surface area contributed by atoms with E-state index in [9.17, 15) is 9.18 Å². The standard InChI is InChI=1S/C16H15ClFNO/c1-11-3-2-4-12(9-11)5-8-16(20)19-15-7-6-13(17)10-14(15)18/h2-4,6-7,9-10H,5,8H2,1H3,(H,19,20). The van der Waals surface area contributed by atoms with Gasteiger partial charge in [-0.1, -0.05) is 41.4 Å². The highest BCUT2D eigenvalue weighted by atomic mass is 35.5. The van der Waals surface area contributed by atoms with Crippen LogP contribution in [0.25, 0.3) is 0 Å². The van der Waals surface area contributed by atoms with Gasteiger partial charge >= 0.3 is 0 Å². The number of halogens is 2. The van der Waals surface area contributed by atoms with Crippen LogP contribution in [0.4, 0.5) is 10.1 Å². The molecule has 2 rings (SSSR count). The second kappa shape index (κ2) is 6.53. The Hall–Kier alpha value is -1.87. The molecular formula is C16H15ClFNO. The highest BCUT2D eigenvalue weighted by Gasteiger charge is 2.07. The van der Waals surface area contributed by atoms with Crippen molar-refractivity contribution in [1.82, 2.24) is 0 Å². The summed E-state index contributed by atoms with van der Waals surface area (Å²) in [6.07, 6.45) is 0.939. The maximum atomic E-state index is 13.5. The number of hydrogen-bond donors (Lipinski definition) is 1. The van der Waals surface area contributed by atoms with Crippen LogP contribution in [0.3, 0.4) is 0 Å². The minimum absolute atomic E-state index is 0.156. The van der Waals surface area contributed by atoms with Crippen molar-refractivity contribution >= 4 is 23.2 Å². The van der Waals surface area contributed by atoms with E-state index < -0.39 is 5.82 Å². The molecule has 104 valence electrons. The summed E-state index contributed by atoms with van der Waals surface area (Å²) in [5.74, 6) is -0.742. The largest absolute Gasteiger partial charge is 0.324 e. The summed E-state index contributed by atoms with van der Waals surface area (Å²) in [5, 5.41) is 2.86. The lowest BCUT2D eigenvalue weighted by Gasteiger charge is -2.07. The molecule has 0 bridgehead atoms. The molecule has 0 aromatic heterocycles. The van der Waals surface area contributed by atoms with Gasteiger partial charge in [-0.15, -0.1) is 0 Å². The molecule has 1 amide bonds. The van der Waals surface area contributed by atoms with Crippen molar-refractivity contribution in [3.05, 3.63) is 64.4 Å². The Morgan fingerprint density at radius 1 is 1.25 bits per heavy atom. The quantitative estimate of drug-likeness (QED) is 0.891. The Morgan fingerprint density at radius 2 is 2.05 bits per heavy atom. The van der Waals surface area contributed by atoms with Crippen molar-refractivity contribution in [1.29, 1.82) is 0 Å². The molecule has 0 saturated heterocycles. The monoisotopic (exact) mass is 291 g/mol. The van der Waals surface area contributed by atoms with E-state index in [1.54, 1.807) is 6.07 Å². The Labute approximate surface area is 122 Å². The van der Waals surface area contributed by atoms with Gasteiger partial charge in [-0.2, -0.15) is 0 Å². The maximum absolute atomic E-state index is 13.5. The fourth-order valence-corrected chi connectivity index (χ4v) is 2.09. The molecule has 2 aromatic carbocycles. The molecule has 0 heterocycles. The zero-order chi connectivity index (χ0) is 14.5. The molecule has 0 unspecified atom stereocenters. The first-order valence-electron chi connectivity index (χ1n) is 6.35. The summed E-state index contributed by atoms with van der Waals surface area (Å²) in [6, 6.07) is 12.2. The maximum Gasteiger partial charge on any atom is 0.224 e. The van der Waals surface area contributed by atoms with Crippen LogP contribution >= 0.6 is 11.6 Å². The molecule has 0 fully saturated rings. The van der Waals surface area contributed by atoms with Crippen LogP contribution in [0, 0.1) is 12.7 Å². The van der Waals surface area contributed by atoms with E-state index in [4.69, 9.17) is 11.6 Å². The van der Waals surface area contributed by atoms with Crippen LogP contribution in [-0.2, 0) is 11.2 Å². The lowest BCUT2D eigenvalue weighted by atomic mass is 10.1. The topological polar surface area (TPSA) is 29.1 Å². The van der Waals surface area contributed by atoms with Gasteiger partial charge in [-0.25, -0.2) is 4.39 Å². The van der Waals surface area contributed by atoms with Gasteiger partial charge in [0.25, 0.3) is 0 Å². The summed E-state index contributed by atoms with van der Waals surface area (Å²) in [5.41, 5.74) is 2.41. The predicted octanol–water partition coefficient (Wildman–Crippen LogP) is 4.36. The van der Waals surface area contributed by atoms with Crippen molar-refractivity contribution in [2.45, 2.75) is 19.8 Å². The van der Waals surface area contributed by atoms with Crippen LogP contribution in [-0.4, -0.2) is 5.91 Å². The molecular weight excluding hydrogens is 277 g/mol. The first-order valence-corrected chi connectivity index (χ1v) is 6.73. The Kier molecular flexibility index (Phi) is 4.74. The normalized spacial score (nSPS) is 10.3. The van der Waals surface area contributed by atoms with Gasteiger partial charge in [0.1, 0.15) is 5.82 Å². The number of nitrogens with one attached hydrogen (secondary N) is 1. The van der Waals surface area contributed by atoms with E-state index in [1.807, 2.05) is 31.2 Å². The molecule has 0 atom stereocenters. The number of amides is 1. The van der Waals surface area contributed by atoms with Crippen LogP contribution in [0.1, 0.15) is 17.5 Å². The Morgan fingerprint density at radius 3 is 2.75 bits per heavy atom. The number of hydrogen-bond acceptors (Lipinski definition) is 1. The Balaban J connectivity index is 1.92. The van der Waals surface area contributed by atoms with Gasteiger partial charge in [0.15, 0.2) is 0 Å². The molecule has 0 saturated carbocycles. The number of carbonyl (C=O) groups excluding carboxylic acids is 1. The van der Waals surface area contributed by atoms with Gasteiger partial charge in [0, 0.05) is 11.4 Å². The molecule has 1 N–H and O–H groups in total. The lowest BCUT2D eigenvalue weighted by Crippen LogP contribution is -2.13. The van der Waals surface area contributed by atoms with Crippen molar-refractivity contribution in [2.75, 3.05) is 5.32 Å². The summed E-state index contributed by atoms with van der Waals surface area (Å²) < 4.78 is 13.5. The van der Waals surface area contributed by atoms with E-state index in [0.29, 0.717) is 17.9 Å². The minimum Gasteiger partial charge on any atom is -0.324 e.